The monoisotopic (exact) mass is 478 g/mol. The Bertz CT molecular complexity index is 1720. The van der Waals surface area contributed by atoms with Crippen LogP contribution in [0.4, 0.5) is 5.69 Å². The van der Waals surface area contributed by atoms with Gasteiger partial charge in [0.25, 0.3) is 0 Å². The van der Waals surface area contributed by atoms with Crippen LogP contribution in [0.3, 0.4) is 0 Å². The molecule has 0 fully saturated rings. The number of rotatable bonds is 5. The van der Waals surface area contributed by atoms with Gasteiger partial charge in [0, 0.05) is 5.39 Å². The van der Waals surface area contributed by atoms with Crippen molar-refractivity contribution in [2.45, 2.75) is 19.0 Å². The number of carbonyl (C=O) groups is 1. The molecule has 1 N–H and O–H groups in total. The van der Waals surface area contributed by atoms with E-state index in [0.29, 0.717) is 0 Å². The second-order valence-electron chi connectivity index (χ2n) is 8.30. The first-order chi connectivity index (χ1) is 17.1. The minimum Gasteiger partial charge on any atom is -0.322 e. The number of nitrogens with one attached hydrogen (secondary N) is 1. The Hall–Kier alpha value is -4.17. The summed E-state index contributed by atoms with van der Waals surface area (Å²) in [6.07, 6.45) is 0. The molecule has 0 saturated carbocycles. The number of nitrogens with zero attached hydrogens (tertiary/aromatic N) is 5. The molecule has 35 heavy (non-hydrogen) atoms. The zero-order valence-electron chi connectivity index (χ0n) is 19.3. The van der Waals surface area contributed by atoms with E-state index in [1.807, 2.05) is 102 Å². The third-order valence-corrected chi connectivity index (χ3v) is 6.94. The molecule has 6 aromatic rings. The second-order valence-corrected chi connectivity index (χ2v) is 9.24. The number of amides is 1. The minimum absolute atomic E-state index is 0.110. The Labute approximate surface area is 205 Å². The van der Waals surface area contributed by atoms with Gasteiger partial charge in [-0.3, -0.25) is 9.20 Å². The van der Waals surface area contributed by atoms with Gasteiger partial charge in [-0.05, 0) is 50.2 Å². The highest BCUT2D eigenvalue weighted by Gasteiger charge is 2.18. The lowest BCUT2D eigenvalue weighted by molar-refractivity contribution is -0.113. The molecule has 7 nitrogen and oxygen atoms in total. The number of carbonyl (C=O) groups excluding carboxylic acids is 1. The van der Waals surface area contributed by atoms with Crippen molar-refractivity contribution in [1.82, 2.24) is 24.1 Å². The number of hydrogen-bond acceptors (Lipinski definition) is 5. The van der Waals surface area contributed by atoms with Crippen LogP contribution < -0.4 is 5.32 Å². The van der Waals surface area contributed by atoms with E-state index < -0.39 is 0 Å². The molecule has 6 rings (SSSR count). The summed E-state index contributed by atoms with van der Waals surface area (Å²) in [6.45, 7) is 3.86. The standard InChI is InChI=1S/C27H22N6OS/c1-17-25(18(2)33(31-17)19-10-4-3-5-11-19)30-24(34)16-35-27-29-21-13-7-6-12-20(21)26-28-22-14-8-9-15-23(22)32(26)27/h3-15H,16H2,1-2H3,(H,30,34). The van der Waals surface area contributed by atoms with E-state index in [-0.39, 0.29) is 11.7 Å². The molecule has 0 radical (unpaired) electrons. The number of aromatic nitrogens is 5. The van der Waals surface area contributed by atoms with Crippen LogP contribution in [-0.4, -0.2) is 35.8 Å². The fourth-order valence-corrected chi connectivity index (χ4v) is 5.17. The molecule has 0 spiro atoms. The SMILES string of the molecule is Cc1nn(-c2ccccc2)c(C)c1NC(=O)CSc1nc2ccccc2c2nc3ccccc3n12. The third kappa shape index (κ3) is 3.72. The van der Waals surface area contributed by atoms with Gasteiger partial charge in [-0.1, -0.05) is 54.2 Å². The molecule has 172 valence electrons. The van der Waals surface area contributed by atoms with Crippen molar-refractivity contribution in [2.75, 3.05) is 11.1 Å². The van der Waals surface area contributed by atoms with Crippen LogP contribution >= 0.6 is 11.8 Å². The van der Waals surface area contributed by atoms with Crippen molar-refractivity contribution >= 4 is 50.9 Å². The molecule has 3 aromatic carbocycles. The number of hydrogen-bond donors (Lipinski definition) is 1. The number of benzene rings is 3. The number of aryl methyl sites for hydroxylation is 1. The van der Waals surface area contributed by atoms with Gasteiger partial charge < -0.3 is 5.32 Å². The van der Waals surface area contributed by atoms with Crippen LogP contribution in [0.5, 0.6) is 0 Å². The molecule has 0 bridgehead atoms. The Balaban J connectivity index is 1.31. The first-order valence-corrected chi connectivity index (χ1v) is 12.3. The normalized spacial score (nSPS) is 11.5. The summed E-state index contributed by atoms with van der Waals surface area (Å²) in [4.78, 5) is 22.7. The maximum absolute atomic E-state index is 13.0. The predicted octanol–water partition coefficient (Wildman–Crippen LogP) is 5.57. The molecule has 0 aliphatic heterocycles. The Morgan fingerprint density at radius 1 is 0.886 bits per heavy atom. The third-order valence-electron chi connectivity index (χ3n) is 6.00. The lowest BCUT2D eigenvalue weighted by Crippen LogP contribution is -2.16. The van der Waals surface area contributed by atoms with Gasteiger partial charge in [-0.25, -0.2) is 14.6 Å². The average Bonchev–Trinajstić information content (AvgIpc) is 3.41. The van der Waals surface area contributed by atoms with E-state index in [1.54, 1.807) is 0 Å². The molecular formula is C27H22N6OS. The zero-order chi connectivity index (χ0) is 23.9. The van der Waals surface area contributed by atoms with Crippen LogP contribution in [0.15, 0.2) is 84.0 Å². The highest BCUT2D eigenvalue weighted by atomic mass is 32.2. The lowest BCUT2D eigenvalue weighted by atomic mass is 10.2. The summed E-state index contributed by atoms with van der Waals surface area (Å²) in [5.74, 6) is 0.101. The molecule has 3 heterocycles. The van der Waals surface area contributed by atoms with E-state index in [1.165, 1.54) is 11.8 Å². The maximum Gasteiger partial charge on any atom is 0.234 e. The molecule has 8 heteroatoms. The topological polar surface area (TPSA) is 77.1 Å². The maximum atomic E-state index is 13.0. The largest absolute Gasteiger partial charge is 0.322 e. The Morgan fingerprint density at radius 3 is 2.43 bits per heavy atom. The van der Waals surface area contributed by atoms with E-state index in [2.05, 4.69) is 10.4 Å². The first-order valence-electron chi connectivity index (χ1n) is 11.3. The highest BCUT2D eigenvalue weighted by molar-refractivity contribution is 7.99. The van der Waals surface area contributed by atoms with Crippen molar-refractivity contribution in [3.05, 3.63) is 90.3 Å². The molecule has 3 aromatic heterocycles. The second kappa shape index (κ2) is 8.56. The van der Waals surface area contributed by atoms with Crippen molar-refractivity contribution in [3.8, 4) is 5.69 Å². The summed E-state index contributed by atoms with van der Waals surface area (Å²) in [7, 11) is 0. The van der Waals surface area contributed by atoms with Crippen LogP contribution in [0.1, 0.15) is 11.4 Å². The van der Waals surface area contributed by atoms with Crippen LogP contribution in [-0.2, 0) is 4.79 Å². The summed E-state index contributed by atoms with van der Waals surface area (Å²) in [5.41, 5.74) is 6.93. The van der Waals surface area contributed by atoms with E-state index in [9.17, 15) is 4.79 Å². The molecular weight excluding hydrogens is 456 g/mol. The number of fused-ring (bicyclic) bond motifs is 5. The van der Waals surface area contributed by atoms with Crippen molar-refractivity contribution in [2.24, 2.45) is 0 Å². The van der Waals surface area contributed by atoms with E-state index in [4.69, 9.17) is 9.97 Å². The summed E-state index contributed by atoms with van der Waals surface area (Å²) in [6, 6.07) is 25.8. The highest BCUT2D eigenvalue weighted by Crippen LogP contribution is 2.29. The van der Waals surface area contributed by atoms with Gasteiger partial charge in [-0.2, -0.15) is 5.10 Å². The van der Waals surface area contributed by atoms with Crippen LogP contribution in [0.25, 0.3) is 33.3 Å². The summed E-state index contributed by atoms with van der Waals surface area (Å²) < 4.78 is 3.89. The quantitative estimate of drug-likeness (QED) is 0.259. The zero-order valence-corrected chi connectivity index (χ0v) is 20.1. The minimum atomic E-state index is -0.110. The number of imidazole rings is 1. The fraction of sp³-hybridized carbons (Fsp3) is 0.111. The van der Waals surface area contributed by atoms with E-state index >= 15 is 0 Å². The lowest BCUT2D eigenvalue weighted by Gasteiger charge is -2.09. The van der Waals surface area contributed by atoms with Crippen molar-refractivity contribution in [1.29, 1.82) is 0 Å². The van der Waals surface area contributed by atoms with Crippen molar-refractivity contribution < 1.29 is 4.79 Å². The van der Waals surface area contributed by atoms with Gasteiger partial charge in [0.05, 0.1) is 45.1 Å². The molecule has 1 amide bonds. The Morgan fingerprint density at radius 2 is 1.60 bits per heavy atom. The molecule has 0 aliphatic rings. The number of anilines is 1. The van der Waals surface area contributed by atoms with Gasteiger partial charge in [0.1, 0.15) is 5.65 Å². The number of para-hydroxylation sites is 4. The molecule has 0 atom stereocenters. The van der Waals surface area contributed by atoms with E-state index in [0.717, 1.165) is 55.5 Å². The predicted molar refractivity (Wildman–Crippen MR) is 140 cm³/mol. The van der Waals surface area contributed by atoms with Gasteiger partial charge >= 0.3 is 0 Å². The summed E-state index contributed by atoms with van der Waals surface area (Å²) in [5, 5.41) is 9.40. The Kier molecular flexibility index (Phi) is 5.22. The average molecular weight is 479 g/mol. The summed E-state index contributed by atoms with van der Waals surface area (Å²) >= 11 is 1.40. The van der Waals surface area contributed by atoms with Gasteiger partial charge in [0.2, 0.25) is 5.91 Å². The van der Waals surface area contributed by atoms with Crippen LogP contribution in [0.2, 0.25) is 0 Å². The smallest absolute Gasteiger partial charge is 0.234 e. The number of thioether (sulfide) groups is 1. The first kappa shape index (κ1) is 21.4. The van der Waals surface area contributed by atoms with Gasteiger partial charge in [-0.15, -0.1) is 0 Å². The fourth-order valence-electron chi connectivity index (χ4n) is 4.36. The van der Waals surface area contributed by atoms with Crippen molar-refractivity contribution in [3.63, 3.8) is 0 Å². The molecule has 0 aliphatic carbocycles. The molecule has 0 saturated heterocycles. The van der Waals surface area contributed by atoms with Gasteiger partial charge in [0.15, 0.2) is 5.16 Å². The molecule has 0 unspecified atom stereocenters. The van der Waals surface area contributed by atoms with Crippen LogP contribution in [0, 0.1) is 13.8 Å².